The number of rotatable bonds is 4. The van der Waals surface area contributed by atoms with Crippen LogP contribution in [0, 0.1) is 5.82 Å². The second-order valence-electron chi connectivity index (χ2n) is 8.91. The summed E-state index contributed by atoms with van der Waals surface area (Å²) < 4.78 is 15.2. The Kier molecular flexibility index (Phi) is 6.25. The summed E-state index contributed by atoms with van der Waals surface area (Å²) in [7, 11) is 0. The number of hydrogen-bond acceptors (Lipinski definition) is 2. The molecule has 0 unspecified atom stereocenters. The van der Waals surface area contributed by atoms with Gasteiger partial charge in [-0.25, -0.2) is 4.39 Å². The molecule has 0 aliphatic rings. The Balaban J connectivity index is 1.80. The molecule has 0 saturated heterocycles. The summed E-state index contributed by atoms with van der Waals surface area (Å²) >= 11 is 5.75. The highest BCUT2D eigenvalue weighted by Crippen LogP contribution is 2.25. The number of aromatic nitrogens is 1. The minimum atomic E-state index is -0.397. The average molecular weight is 457 g/mol. The van der Waals surface area contributed by atoms with Crippen molar-refractivity contribution in [1.82, 2.24) is 0 Å². The van der Waals surface area contributed by atoms with Gasteiger partial charge in [-0.3, -0.25) is 0 Å². The largest absolute Gasteiger partial charge is 0.867 e. The summed E-state index contributed by atoms with van der Waals surface area (Å²) in [5.74, 6) is -0.687. The molecule has 0 radical (unpaired) electrons. The van der Waals surface area contributed by atoms with Crippen LogP contribution in [0.5, 0.6) is 0 Å². The smallest absolute Gasteiger partial charge is 0.238 e. The van der Waals surface area contributed by atoms with E-state index in [1.165, 1.54) is 24.3 Å². The standard InChI is InChI=1S/C28H25FN2OS/c1-28(2,3)21-15-17-31(18-16-21)25(26(32)20-11-13-22(29)14-12-20)27(33)30-24-10-6-8-19-7-4-5-9-23(19)24/h4-18H,1-3H3,(H-,30,32,33). The molecule has 0 atom stereocenters. The first-order valence-corrected chi connectivity index (χ1v) is 11.1. The van der Waals surface area contributed by atoms with Crippen molar-refractivity contribution in [3.63, 3.8) is 0 Å². The van der Waals surface area contributed by atoms with Gasteiger partial charge in [0.1, 0.15) is 5.82 Å². The van der Waals surface area contributed by atoms with Gasteiger partial charge in [0.25, 0.3) is 0 Å². The van der Waals surface area contributed by atoms with Gasteiger partial charge in [0.2, 0.25) is 5.70 Å². The lowest BCUT2D eigenvalue weighted by atomic mass is 9.88. The summed E-state index contributed by atoms with van der Waals surface area (Å²) in [5.41, 5.74) is 2.59. The molecule has 1 aromatic heterocycles. The number of benzene rings is 3. The van der Waals surface area contributed by atoms with Crippen molar-refractivity contribution in [1.29, 1.82) is 0 Å². The van der Waals surface area contributed by atoms with Crippen LogP contribution in [0.3, 0.4) is 0 Å². The van der Waals surface area contributed by atoms with Crippen molar-refractivity contribution in [2.75, 3.05) is 5.32 Å². The maximum absolute atomic E-state index is 13.5. The predicted octanol–water partition coefficient (Wildman–Crippen LogP) is 5.69. The van der Waals surface area contributed by atoms with E-state index in [0.29, 0.717) is 11.3 Å². The van der Waals surface area contributed by atoms with Crippen molar-refractivity contribution in [2.24, 2.45) is 0 Å². The predicted molar refractivity (Wildman–Crippen MR) is 135 cm³/mol. The van der Waals surface area contributed by atoms with Crippen molar-refractivity contribution < 1.29 is 14.1 Å². The molecular weight excluding hydrogens is 431 g/mol. The Labute approximate surface area is 198 Å². The molecule has 0 amide bonds. The molecule has 0 fully saturated rings. The molecule has 4 rings (SSSR count). The molecule has 33 heavy (non-hydrogen) atoms. The third-order valence-corrected chi connectivity index (χ3v) is 5.82. The number of nitrogens with zero attached hydrogens (tertiary/aromatic N) is 1. The fraction of sp³-hybridized carbons (Fsp3) is 0.143. The number of hydrogen-bond donors (Lipinski definition) is 1. The van der Waals surface area contributed by atoms with Crippen molar-refractivity contribution in [3.8, 4) is 0 Å². The van der Waals surface area contributed by atoms with Crippen LogP contribution in [-0.2, 0) is 5.41 Å². The third-order valence-electron chi connectivity index (χ3n) is 5.53. The van der Waals surface area contributed by atoms with Gasteiger partial charge in [-0.2, -0.15) is 4.57 Å². The van der Waals surface area contributed by atoms with E-state index in [1.807, 2.05) is 67.0 Å². The number of fused-ring (bicyclic) bond motifs is 1. The summed E-state index contributed by atoms with van der Waals surface area (Å²) in [6, 6.07) is 23.3. The molecule has 1 N–H and O–H groups in total. The topological polar surface area (TPSA) is 39.0 Å². The highest BCUT2D eigenvalue weighted by Gasteiger charge is 2.21. The summed E-state index contributed by atoms with van der Waals surface area (Å²) in [5, 5.41) is 18.9. The van der Waals surface area contributed by atoms with E-state index in [2.05, 4.69) is 26.1 Å². The molecule has 1 heterocycles. The maximum atomic E-state index is 13.5. The summed E-state index contributed by atoms with van der Waals surface area (Å²) in [6.07, 6.45) is 3.68. The second kappa shape index (κ2) is 9.12. The van der Waals surface area contributed by atoms with Crippen LogP contribution in [0.15, 0.2) is 91.3 Å². The number of pyridine rings is 1. The van der Waals surface area contributed by atoms with Gasteiger partial charge in [0.15, 0.2) is 17.4 Å². The third kappa shape index (κ3) is 4.94. The molecule has 0 bridgehead atoms. The van der Waals surface area contributed by atoms with Gasteiger partial charge in [-0.15, -0.1) is 0 Å². The number of nitrogens with one attached hydrogen (secondary N) is 1. The minimum absolute atomic E-state index is 0.0259. The number of thiocarbonyl (C=S) groups is 1. The van der Waals surface area contributed by atoms with Gasteiger partial charge in [-0.1, -0.05) is 81.5 Å². The lowest BCUT2D eigenvalue weighted by Crippen LogP contribution is -2.40. The Bertz CT molecular complexity index is 1330. The van der Waals surface area contributed by atoms with Crippen LogP contribution < -0.4 is 15.0 Å². The second-order valence-corrected chi connectivity index (χ2v) is 9.32. The quantitative estimate of drug-likeness (QED) is 0.186. The monoisotopic (exact) mass is 456 g/mol. The number of anilines is 1. The van der Waals surface area contributed by atoms with E-state index in [0.717, 1.165) is 22.0 Å². The fourth-order valence-electron chi connectivity index (χ4n) is 3.67. The van der Waals surface area contributed by atoms with Crippen LogP contribution in [0.1, 0.15) is 31.9 Å². The van der Waals surface area contributed by atoms with Crippen molar-refractivity contribution in [2.45, 2.75) is 26.2 Å². The first kappa shape index (κ1) is 22.6. The fourth-order valence-corrected chi connectivity index (χ4v) is 3.98. The van der Waals surface area contributed by atoms with Crippen molar-refractivity contribution in [3.05, 3.63) is 108 Å². The zero-order chi connectivity index (χ0) is 23.6. The van der Waals surface area contributed by atoms with E-state index in [4.69, 9.17) is 12.2 Å². The molecule has 0 aliphatic heterocycles. The molecule has 166 valence electrons. The molecule has 0 saturated carbocycles. The van der Waals surface area contributed by atoms with Crippen LogP contribution >= 0.6 is 12.2 Å². The lowest BCUT2D eigenvalue weighted by molar-refractivity contribution is -0.577. The molecule has 4 aromatic rings. The summed E-state index contributed by atoms with van der Waals surface area (Å²) in [6.45, 7) is 6.40. The van der Waals surface area contributed by atoms with Gasteiger partial charge in [0.05, 0.1) is 0 Å². The Morgan fingerprint density at radius 2 is 1.52 bits per heavy atom. The van der Waals surface area contributed by atoms with Gasteiger partial charge in [-0.05, 0) is 45.9 Å². The normalized spacial score (nSPS) is 12.4. The van der Waals surface area contributed by atoms with E-state index in [1.54, 1.807) is 4.57 Å². The highest BCUT2D eigenvalue weighted by atomic mass is 32.1. The van der Waals surface area contributed by atoms with Crippen LogP contribution in [0.25, 0.3) is 22.2 Å². The molecule has 5 heteroatoms. The van der Waals surface area contributed by atoms with E-state index in [9.17, 15) is 9.50 Å². The molecule has 0 spiro atoms. The van der Waals surface area contributed by atoms with Gasteiger partial charge >= 0.3 is 0 Å². The molecule has 3 aromatic carbocycles. The average Bonchev–Trinajstić information content (AvgIpc) is 2.80. The Hall–Kier alpha value is -3.57. The highest BCUT2D eigenvalue weighted by molar-refractivity contribution is 7.81. The zero-order valence-electron chi connectivity index (χ0n) is 18.8. The molecule has 3 nitrogen and oxygen atoms in total. The van der Waals surface area contributed by atoms with Crippen LogP contribution in [0.2, 0.25) is 0 Å². The van der Waals surface area contributed by atoms with Crippen LogP contribution in [-0.4, -0.2) is 4.99 Å². The first-order chi connectivity index (χ1) is 15.7. The SMILES string of the molecule is CC(C)(C)c1cc[n+](C(C(=S)Nc2cccc3ccccc23)=C([O-])c2ccc(F)cc2)cc1. The molecule has 0 aliphatic carbocycles. The van der Waals surface area contributed by atoms with E-state index < -0.39 is 5.82 Å². The van der Waals surface area contributed by atoms with Gasteiger partial charge in [0, 0.05) is 23.2 Å². The number of halogens is 1. The Morgan fingerprint density at radius 3 is 2.18 bits per heavy atom. The summed E-state index contributed by atoms with van der Waals surface area (Å²) in [4.78, 5) is 0.286. The lowest BCUT2D eigenvalue weighted by Gasteiger charge is -2.20. The zero-order valence-corrected chi connectivity index (χ0v) is 19.6. The molecular formula is C28H25FN2OS. The maximum Gasteiger partial charge on any atom is 0.238 e. The van der Waals surface area contributed by atoms with Crippen LogP contribution in [0.4, 0.5) is 10.1 Å². The minimum Gasteiger partial charge on any atom is -0.867 e. The first-order valence-electron chi connectivity index (χ1n) is 10.7. The van der Waals surface area contributed by atoms with Gasteiger partial charge < -0.3 is 10.4 Å². The van der Waals surface area contributed by atoms with E-state index in [-0.39, 0.29) is 16.2 Å². The van der Waals surface area contributed by atoms with E-state index >= 15 is 0 Å². The van der Waals surface area contributed by atoms with Crippen molar-refractivity contribution >= 4 is 45.1 Å². The Morgan fingerprint density at radius 1 is 0.879 bits per heavy atom.